The molecule has 0 aliphatic carbocycles. The molecule has 0 unspecified atom stereocenters. The summed E-state index contributed by atoms with van der Waals surface area (Å²) in [5, 5.41) is 0. The largest absolute Gasteiger partial charge is 0.497 e. The molecule has 0 amide bonds. The van der Waals surface area contributed by atoms with Gasteiger partial charge in [-0.05, 0) is 46.6 Å². The van der Waals surface area contributed by atoms with Gasteiger partial charge in [0.25, 0.3) is 0 Å². The average molecular weight is 296 g/mol. The first-order valence-corrected chi connectivity index (χ1v) is 5.87. The molecule has 0 saturated heterocycles. The van der Waals surface area contributed by atoms with Gasteiger partial charge in [-0.25, -0.2) is 4.39 Å². The summed E-state index contributed by atoms with van der Waals surface area (Å²) in [5.74, 6) is 0.342. The quantitative estimate of drug-likeness (QED) is 0.836. The van der Waals surface area contributed by atoms with Gasteiger partial charge in [0.15, 0.2) is 0 Å². The molecule has 2 nitrogen and oxygen atoms in total. The number of pyridine rings is 1. The summed E-state index contributed by atoms with van der Waals surface area (Å²) < 4.78 is 19.8. The molecule has 0 radical (unpaired) electrons. The average Bonchev–Trinajstić information content (AvgIpc) is 2.34. The Morgan fingerprint density at radius 1 is 1.24 bits per heavy atom. The Labute approximate surface area is 108 Å². The smallest absolute Gasteiger partial charge is 0.131 e. The lowest BCUT2D eigenvalue weighted by Crippen LogP contribution is -1.92. The van der Waals surface area contributed by atoms with E-state index in [1.54, 1.807) is 31.6 Å². The van der Waals surface area contributed by atoms with Crippen LogP contribution in [0.3, 0.4) is 0 Å². The first-order valence-electron chi connectivity index (χ1n) is 5.07. The van der Waals surface area contributed by atoms with Crippen LogP contribution in [0.25, 0.3) is 11.1 Å². The van der Waals surface area contributed by atoms with E-state index in [2.05, 4.69) is 20.9 Å². The lowest BCUT2D eigenvalue weighted by Gasteiger charge is -2.09. The van der Waals surface area contributed by atoms with Crippen LogP contribution in [0.4, 0.5) is 4.39 Å². The second kappa shape index (κ2) is 4.84. The van der Waals surface area contributed by atoms with Crippen molar-refractivity contribution in [1.82, 2.24) is 4.98 Å². The van der Waals surface area contributed by atoms with E-state index in [0.29, 0.717) is 11.3 Å². The first-order chi connectivity index (χ1) is 8.13. The number of ether oxygens (including phenoxy) is 1. The predicted molar refractivity (Wildman–Crippen MR) is 68.6 cm³/mol. The molecule has 17 heavy (non-hydrogen) atoms. The van der Waals surface area contributed by atoms with Gasteiger partial charge in [0.05, 0.1) is 7.11 Å². The van der Waals surface area contributed by atoms with Crippen molar-refractivity contribution in [2.24, 2.45) is 0 Å². The predicted octanol–water partition coefficient (Wildman–Crippen LogP) is 3.97. The van der Waals surface area contributed by atoms with Crippen LogP contribution in [0.15, 0.2) is 35.1 Å². The Morgan fingerprint density at radius 2 is 2.00 bits per heavy atom. The zero-order valence-corrected chi connectivity index (χ0v) is 11.1. The normalized spacial score (nSPS) is 10.4. The van der Waals surface area contributed by atoms with Gasteiger partial charge in [-0.3, -0.25) is 4.98 Å². The van der Waals surface area contributed by atoms with Crippen LogP contribution in [-0.4, -0.2) is 12.1 Å². The summed E-state index contributed by atoms with van der Waals surface area (Å²) >= 11 is 3.39. The molecule has 0 aliphatic rings. The van der Waals surface area contributed by atoms with Crippen molar-refractivity contribution < 1.29 is 9.13 Å². The maximum Gasteiger partial charge on any atom is 0.131 e. The Balaban J connectivity index is 2.63. The number of benzene rings is 1. The van der Waals surface area contributed by atoms with Crippen molar-refractivity contribution in [3.8, 4) is 16.9 Å². The van der Waals surface area contributed by atoms with Crippen LogP contribution in [0.1, 0.15) is 5.56 Å². The fraction of sp³-hybridized carbons (Fsp3) is 0.154. The molecule has 2 rings (SSSR count). The molecular formula is C13H11BrFNO. The summed E-state index contributed by atoms with van der Waals surface area (Å²) in [4.78, 5) is 4.06. The number of halogens is 2. The van der Waals surface area contributed by atoms with Crippen LogP contribution in [0.5, 0.6) is 5.75 Å². The molecule has 0 fully saturated rings. The SMILES string of the molecule is COc1ccc(F)c(-c2cncc(Br)c2C)c1. The molecule has 1 aromatic carbocycles. The van der Waals surface area contributed by atoms with Gasteiger partial charge < -0.3 is 4.74 Å². The molecule has 4 heteroatoms. The number of aromatic nitrogens is 1. The van der Waals surface area contributed by atoms with Crippen molar-refractivity contribution in [2.75, 3.05) is 7.11 Å². The second-order valence-electron chi connectivity index (χ2n) is 3.64. The Morgan fingerprint density at radius 3 is 2.71 bits per heavy atom. The van der Waals surface area contributed by atoms with Crippen LogP contribution in [0.2, 0.25) is 0 Å². The van der Waals surface area contributed by atoms with Gasteiger partial charge in [-0.2, -0.15) is 0 Å². The van der Waals surface area contributed by atoms with Crippen LogP contribution < -0.4 is 4.74 Å². The van der Waals surface area contributed by atoms with Crippen molar-refractivity contribution in [1.29, 1.82) is 0 Å². The van der Waals surface area contributed by atoms with Crippen LogP contribution in [-0.2, 0) is 0 Å². The third-order valence-electron chi connectivity index (χ3n) is 2.62. The van der Waals surface area contributed by atoms with E-state index in [1.807, 2.05) is 6.92 Å². The van der Waals surface area contributed by atoms with E-state index >= 15 is 0 Å². The van der Waals surface area contributed by atoms with Crippen molar-refractivity contribution in [3.63, 3.8) is 0 Å². The molecule has 0 saturated carbocycles. The second-order valence-corrected chi connectivity index (χ2v) is 4.49. The summed E-state index contributed by atoms with van der Waals surface area (Å²) in [7, 11) is 1.56. The number of nitrogens with zero attached hydrogens (tertiary/aromatic N) is 1. The third kappa shape index (κ3) is 2.31. The maximum absolute atomic E-state index is 13.8. The van der Waals surface area contributed by atoms with E-state index in [4.69, 9.17) is 4.74 Å². The Kier molecular flexibility index (Phi) is 3.43. The summed E-state index contributed by atoms with van der Waals surface area (Å²) in [6.07, 6.45) is 3.34. The third-order valence-corrected chi connectivity index (χ3v) is 3.42. The zero-order chi connectivity index (χ0) is 12.4. The highest BCUT2D eigenvalue weighted by Gasteiger charge is 2.11. The van der Waals surface area contributed by atoms with Crippen molar-refractivity contribution in [3.05, 3.63) is 46.4 Å². The molecule has 1 heterocycles. The minimum atomic E-state index is -0.284. The zero-order valence-electron chi connectivity index (χ0n) is 9.50. The number of methoxy groups -OCH3 is 1. The number of hydrogen-bond acceptors (Lipinski definition) is 2. The standard InChI is InChI=1S/C13H11BrFNO/c1-8-11(6-16-7-12(8)14)10-5-9(17-2)3-4-13(10)15/h3-7H,1-2H3. The van der Waals surface area contributed by atoms with Gasteiger partial charge in [0.2, 0.25) is 0 Å². The molecule has 0 atom stereocenters. The summed E-state index contributed by atoms with van der Waals surface area (Å²) in [5.41, 5.74) is 2.21. The maximum atomic E-state index is 13.8. The van der Waals surface area contributed by atoms with Crippen LogP contribution in [0, 0.1) is 12.7 Å². The van der Waals surface area contributed by atoms with Crippen molar-refractivity contribution in [2.45, 2.75) is 6.92 Å². The molecule has 88 valence electrons. The first kappa shape index (κ1) is 12.0. The van der Waals surface area contributed by atoms with E-state index in [9.17, 15) is 4.39 Å². The minimum absolute atomic E-state index is 0.284. The lowest BCUT2D eigenvalue weighted by atomic mass is 10.0. The van der Waals surface area contributed by atoms with E-state index in [1.165, 1.54) is 6.07 Å². The van der Waals surface area contributed by atoms with Gasteiger partial charge in [-0.15, -0.1) is 0 Å². The molecule has 0 spiro atoms. The lowest BCUT2D eigenvalue weighted by molar-refractivity contribution is 0.414. The molecule has 1 aromatic heterocycles. The fourth-order valence-electron chi connectivity index (χ4n) is 1.61. The molecule has 2 aromatic rings. The fourth-order valence-corrected chi connectivity index (χ4v) is 1.94. The highest BCUT2D eigenvalue weighted by atomic mass is 79.9. The van der Waals surface area contributed by atoms with Crippen molar-refractivity contribution >= 4 is 15.9 Å². The van der Waals surface area contributed by atoms with Gasteiger partial charge in [0, 0.05) is 28.0 Å². The topological polar surface area (TPSA) is 22.1 Å². The summed E-state index contributed by atoms with van der Waals surface area (Å²) in [6, 6.07) is 4.67. The minimum Gasteiger partial charge on any atom is -0.497 e. The van der Waals surface area contributed by atoms with Gasteiger partial charge in [-0.1, -0.05) is 0 Å². The summed E-state index contributed by atoms with van der Waals surface area (Å²) in [6.45, 7) is 1.92. The highest BCUT2D eigenvalue weighted by molar-refractivity contribution is 9.10. The van der Waals surface area contributed by atoms with E-state index in [-0.39, 0.29) is 5.82 Å². The number of hydrogen-bond donors (Lipinski definition) is 0. The molecule has 0 aliphatic heterocycles. The molecule has 0 bridgehead atoms. The highest BCUT2D eigenvalue weighted by Crippen LogP contribution is 2.31. The van der Waals surface area contributed by atoms with Gasteiger partial charge in [0.1, 0.15) is 11.6 Å². The molecular weight excluding hydrogens is 285 g/mol. The van der Waals surface area contributed by atoms with Crippen LogP contribution >= 0.6 is 15.9 Å². The Hall–Kier alpha value is -1.42. The monoisotopic (exact) mass is 295 g/mol. The molecule has 0 N–H and O–H groups in total. The van der Waals surface area contributed by atoms with E-state index < -0.39 is 0 Å². The number of rotatable bonds is 2. The van der Waals surface area contributed by atoms with E-state index in [0.717, 1.165) is 15.6 Å². The van der Waals surface area contributed by atoms with Gasteiger partial charge >= 0.3 is 0 Å². The Bertz CT molecular complexity index is 557.